The fourth-order valence-electron chi connectivity index (χ4n) is 2.48. The molecule has 3 heterocycles. The van der Waals surface area contributed by atoms with E-state index >= 15 is 0 Å². The highest BCUT2D eigenvalue weighted by Crippen LogP contribution is 2.35. The molecule has 0 aromatic carbocycles. The Morgan fingerprint density at radius 3 is 2.78 bits per heavy atom. The number of thiophene rings is 1. The molecule has 2 aromatic heterocycles. The minimum Gasteiger partial charge on any atom is -0.248 e. The minimum absolute atomic E-state index is 0.00916. The second-order valence-corrected chi connectivity index (χ2v) is 9.68. The number of nitrogens with zero attached hydrogens (tertiary/aromatic N) is 3. The molecule has 1 atom stereocenters. The van der Waals surface area contributed by atoms with E-state index < -0.39 is 16.1 Å². The number of nitrogens with one attached hydrogen (secondary N) is 1. The van der Waals surface area contributed by atoms with Gasteiger partial charge in [0.05, 0.1) is 10.4 Å². The smallest absolute Gasteiger partial charge is 0.243 e. The van der Waals surface area contributed by atoms with Gasteiger partial charge >= 0.3 is 0 Å². The average molecular weight is 395 g/mol. The maximum atomic E-state index is 12.6. The van der Waals surface area contributed by atoms with Crippen LogP contribution in [0.15, 0.2) is 11.0 Å². The van der Waals surface area contributed by atoms with Crippen molar-refractivity contribution in [1.82, 2.24) is 19.5 Å². The van der Waals surface area contributed by atoms with E-state index in [0.717, 1.165) is 30.1 Å². The molecule has 0 saturated heterocycles. The van der Waals surface area contributed by atoms with Gasteiger partial charge < -0.3 is 0 Å². The van der Waals surface area contributed by atoms with Gasteiger partial charge in [-0.25, -0.2) is 22.8 Å². The van der Waals surface area contributed by atoms with Crippen molar-refractivity contribution in [3.63, 3.8) is 0 Å². The van der Waals surface area contributed by atoms with Crippen LogP contribution < -0.4 is 4.72 Å². The van der Waals surface area contributed by atoms with Crippen molar-refractivity contribution in [3.8, 4) is 0 Å². The number of sulfonamides is 1. The largest absolute Gasteiger partial charge is 0.248 e. The van der Waals surface area contributed by atoms with Crippen molar-refractivity contribution in [2.24, 2.45) is 0 Å². The summed E-state index contributed by atoms with van der Waals surface area (Å²) in [7, 11) is -3.76. The molecule has 2 aromatic rings. The highest BCUT2D eigenvalue weighted by molar-refractivity contribution is 7.89. The number of fused-ring (bicyclic) bond motifs is 1. The van der Waals surface area contributed by atoms with Crippen LogP contribution in [0.3, 0.4) is 0 Å². The van der Waals surface area contributed by atoms with E-state index in [-0.39, 0.29) is 15.1 Å². The van der Waals surface area contributed by atoms with Crippen LogP contribution in [0.2, 0.25) is 8.67 Å². The Morgan fingerprint density at radius 1 is 1.43 bits per heavy atom. The zero-order chi connectivity index (χ0) is 16.8. The second kappa shape index (κ2) is 6.33. The van der Waals surface area contributed by atoms with Crippen molar-refractivity contribution in [2.45, 2.75) is 50.1 Å². The first-order valence-corrected chi connectivity index (χ1v) is 10.3. The van der Waals surface area contributed by atoms with Gasteiger partial charge in [0.15, 0.2) is 5.82 Å². The summed E-state index contributed by atoms with van der Waals surface area (Å²) >= 11 is 12.9. The zero-order valence-corrected chi connectivity index (χ0v) is 15.7. The first-order valence-electron chi connectivity index (χ1n) is 7.19. The van der Waals surface area contributed by atoms with E-state index in [1.807, 2.05) is 13.8 Å². The minimum atomic E-state index is -3.76. The topological polar surface area (TPSA) is 76.9 Å². The third-order valence-corrected chi connectivity index (χ3v) is 6.84. The van der Waals surface area contributed by atoms with Crippen molar-refractivity contribution < 1.29 is 8.42 Å². The van der Waals surface area contributed by atoms with Gasteiger partial charge in [-0.05, 0) is 18.9 Å². The van der Waals surface area contributed by atoms with E-state index in [1.165, 1.54) is 6.07 Å². The lowest BCUT2D eigenvalue weighted by Gasteiger charge is -2.22. The van der Waals surface area contributed by atoms with E-state index in [0.29, 0.717) is 16.6 Å². The zero-order valence-electron chi connectivity index (χ0n) is 12.6. The number of hydrogen-bond donors (Lipinski definition) is 1. The molecule has 0 fully saturated rings. The van der Waals surface area contributed by atoms with Gasteiger partial charge in [-0.1, -0.05) is 37.0 Å². The predicted molar refractivity (Wildman–Crippen MR) is 90.7 cm³/mol. The van der Waals surface area contributed by atoms with Crippen LogP contribution in [0.4, 0.5) is 0 Å². The molecule has 0 saturated carbocycles. The van der Waals surface area contributed by atoms with Crippen molar-refractivity contribution in [3.05, 3.63) is 26.4 Å². The number of aryl methyl sites for hydroxylation is 1. The molecule has 1 aliphatic heterocycles. The maximum Gasteiger partial charge on any atom is 0.243 e. The Kier molecular flexibility index (Phi) is 4.72. The average Bonchev–Trinajstić information content (AvgIpc) is 3.02. The molecule has 3 rings (SSSR count). The molecule has 0 aliphatic carbocycles. The Hall–Kier alpha value is -0.670. The third kappa shape index (κ3) is 3.41. The van der Waals surface area contributed by atoms with E-state index in [2.05, 4.69) is 14.8 Å². The third-order valence-electron chi connectivity index (χ3n) is 3.62. The SMILES string of the molecule is CC(C)c1nc2n(n1)CCCC2NS(=O)(=O)c1cc(Cl)sc1Cl. The summed E-state index contributed by atoms with van der Waals surface area (Å²) in [4.78, 5) is 4.51. The number of rotatable bonds is 4. The van der Waals surface area contributed by atoms with Crippen molar-refractivity contribution in [2.75, 3.05) is 0 Å². The Labute approximate surface area is 148 Å². The normalized spacial score (nSPS) is 18.4. The molecule has 6 nitrogen and oxygen atoms in total. The van der Waals surface area contributed by atoms with Gasteiger partial charge in [0, 0.05) is 12.5 Å². The highest BCUT2D eigenvalue weighted by atomic mass is 35.5. The van der Waals surface area contributed by atoms with Crippen LogP contribution in [-0.4, -0.2) is 23.2 Å². The molecular formula is C13H16Cl2N4O2S2. The first kappa shape index (κ1) is 17.2. The molecule has 10 heteroatoms. The van der Waals surface area contributed by atoms with E-state index in [9.17, 15) is 8.42 Å². The molecule has 0 spiro atoms. The summed E-state index contributed by atoms with van der Waals surface area (Å²) in [6, 6.07) is 0.952. The standard InChI is InChI=1S/C13H16Cl2N4O2S2/c1-7(2)12-16-13-8(4-3-5-19(13)17-12)18-23(20,21)9-6-10(14)22-11(9)15/h6-8,18H,3-5H2,1-2H3. The lowest BCUT2D eigenvalue weighted by molar-refractivity contribution is 0.399. The monoisotopic (exact) mass is 394 g/mol. The van der Waals surface area contributed by atoms with Crippen LogP contribution >= 0.6 is 34.5 Å². The first-order chi connectivity index (χ1) is 10.8. The molecular weight excluding hydrogens is 379 g/mol. The van der Waals surface area contributed by atoms with Gasteiger partial charge in [-0.2, -0.15) is 5.10 Å². The highest BCUT2D eigenvalue weighted by Gasteiger charge is 2.31. The summed E-state index contributed by atoms with van der Waals surface area (Å²) in [5.41, 5.74) is 0. The number of halogens is 2. The molecule has 0 amide bonds. The molecule has 1 unspecified atom stereocenters. The van der Waals surface area contributed by atoms with Crippen molar-refractivity contribution >= 4 is 44.6 Å². The van der Waals surface area contributed by atoms with Gasteiger partial charge in [0.25, 0.3) is 0 Å². The van der Waals surface area contributed by atoms with Gasteiger partial charge in [-0.3, -0.25) is 0 Å². The second-order valence-electron chi connectivity index (χ2n) is 5.71. The van der Waals surface area contributed by atoms with Crippen LogP contribution in [0, 0.1) is 0 Å². The van der Waals surface area contributed by atoms with Gasteiger partial charge in [-0.15, -0.1) is 11.3 Å². The quantitative estimate of drug-likeness (QED) is 0.859. The molecule has 23 heavy (non-hydrogen) atoms. The van der Waals surface area contributed by atoms with Crippen molar-refractivity contribution in [1.29, 1.82) is 0 Å². The van der Waals surface area contributed by atoms with E-state index in [4.69, 9.17) is 23.2 Å². The van der Waals surface area contributed by atoms with Crippen LogP contribution in [0.1, 0.15) is 50.3 Å². The summed E-state index contributed by atoms with van der Waals surface area (Å²) in [5, 5.41) is 4.45. The summed E-state index contributed by atoms with van der Waals surface area (Å²) in [6.07, 6.45) is 1.50. The number of aromatic nitrogens is 3. The molecule has 126 valence electrons. The van der Waals surface area contributed by atoms with Crippen LogP contribution in [-0.2, 0) is 16.6 Å². The molecule has 1 N–H and O–H groups in total. The molecule has 0 radical (unpaired) electrons. The van der Waals surface area contributed by atoms with Gasteiger partial charge in [0.2, 0.25) is 10.0 Å². The Balaban J connectivity index is 1.91. The predicted octanol–water partition coefficient (Wildman–Crippen LogP) is 3.58. The fourth-order valence-corrected chi connectivity index (χ4v) is 5.86. The summed E-state index contributed by atoms with van der Waals surface area (Å²) in [5.74, 6) is 1.57. The van der Waals surface area contributed by atoms with Gasteiger partial charge in [0.1, 0.15) is 15.1 Å². The Bertz CT molecular complexity index is 829. The van der Waals surface area contributed by atoms with E-state index in [1.54, 1.807) is 4.68 Å². The Morgan fingerprint density at radius 2 is 2.17 bits per heavy atom. The van der Waals surface area contributed by atoms with Crippen LogP contribution in [0.5, 0.6) is 0 Å². The number of hydrogen-bond acceptors (Lipinski definition) is 5. The lowest BCUT2D eigenvalue weighted by atomic mass is 10.1. The fraction of sp³-hybridized carbons (Fsp3) is 0.538. The summed E-state index contributed by atoms with van der Waals surface area (Å²) in [6.45, 7) is 4.76. The lowest BCUT2D eigenvalue weighted by Crippen LogP contribution is -2.33. The van der Waals surface area contributed by atoms with Crippen LogP contribution in [0.25, 0.3) is 0 Å². The molecule has 1 aliphatic rings. The molecule has 0 bridgehead atoms. The summed E-state index contributed by atoms with van der Waals surface area (Å²) < 4.78 is 30.1. The maximum absolute atomic E-state index is 12.6.